The molecule has 0 amide bonds. The molecule has 1 saturated heterocycles. The topological polar surface area (TPSA) is 20.3 Å². The van der Waals surface area contributed by atoms with Gasteiger partial charge in [-0.05, 0) is 63.5 Å². The number of carbonyl (C=O) groups is 1. The number of Topliss-reactive ketones (excluding diaryl/α,β-unsaturated/α-hetero) is 1. The average molecular weight is 342 g/mol. The minimum absolute atomic E-state index is 0.0800. The van der Waals surface area contributed by atoms with Gasteiger partial charge < -0.3 is 0 Å². The Hall–Kier alpha value is -0.740. The second-order valence-electron chi connectivity index (χ2n) is 5.94. The van der Waals surface area contributed by atoms with E-state index in [1.807, 2.05) is 13.8 Å². The van der Waals surface area contributed by atoms with Crippen LogP contribution in [0.15, 0.2) is 22.7 Å². The number of ketones is 1. The molecule has 1 heterocycles. The van der Waals surface area contributed by atoms with E-state index in [9.17, 15) is 9.18 Å². The zero-order valence-electron chi connectivity index (χ0n) is 12.1. The van der Waals surface area contributed by atoms with Gasteiger partial charge in [-0.25, -0.2) is 4.39 Å². The molecule has 0 saturated carbocycles. The number of piperidine rings is 1. The minimum Gasteiger partial charge on any atom is -0.297 e. The second kappa shape index (κ2) is 6.35. The van der Waals surface area contributed by atoms with Gasteiger partial charge in [0.05, 0.1) is 5.54 Å². The molecule has 1 aliphatic heterocycles. The molecule has 1 aliphatic rings. The normalized spacial score (nSPS) is 17.2. The molecule has 1 aromatic rings. The van der Waals surface area contributed by atoms with Gasteiger partial charge in [0.25, 0.3) is 0 Å². The third-order valence-electron chi connectivity index (χ3n) is 4.19. The first kappa shape index (κ1) is 15.6. The van der Waals surface area contributed by atoms with E-state index in [-0.39, 0.29) is 18.0 Å². The van der Waals surface area contributed by atoms with Gasteiger partial charge >= 0.3 is 0 Å². The van der Waals surface area contributed by atoms with Gasteiger partial charge in [0.15, 0.2) is 5.78 Å². The largest absolute Gasteiger partial charge is 0.297 e. The molecule has 0 aliphatic carbocycles. The van der Waals surface area contributed by atoms with E-state index in [2.05, 4.69) is 20.8 Å². The third kappa shape index (κ3) is 3.47. The molecule has 2 rings (SSSR count). The molecular weight excluding hydrogens is 321 g/mol. The Kier molecular flexibility index (Phi) is 4.97. The quantitative estimate of drug-likeness (QED) is 0.825. The summed E-state index contributed by atoms with van der Waals surface area (Å²) in [6, 6.07) is 4.75. The number of carbonyl (C=O) groups excluding carboxylic acids is 1. The summed E-state index contributed by atoms with van der Waals surface area (Å²) in [7, 11) is 0. The first-order valence-corrected chi connectivity index (χ1v) is 7.93. The van der Waals surface area contributed by atoms with Gasteiger partial charge in [0, 0.05) is 10.9 Å². The molecule has 2 nitrogen and oxygen atoms in total. The molecule has 0 atom stereocenters. The number of hydrogen-bond acceptors (Lipinski definition) is 2. The summed E-state index contributed by atoms with van der Waals surface area (Å²) in [5.74, 6) is -0.229. The number of likely N-dealkylation sites (tertiary alicyclic amines) is 1. The smallest absolute Gasteiger partial charge is 0.156 e. The molecule has 110 valence electrons. The van der Waals surface area contributed by atoms with Crippen LogP contribution in [-0.2, 0) is 11.2 Å². The first-order chi connectivity index (χ1) is 9.41. The van der Waals surface area contributed by atoms with Crippen molar-refractivity contribution in [1.82, 2.24) is 4.90 Å². The maximum absolute atomic E-state index is 13.8. The summed E-state index contributed by atoms with van der Waals surface area (Å²) in [5.41, 5.74) is -0.0516. The monoisotopic (exact) mass is 341 g/mol. The zero-order chi connectivity index (χ0) is 14.8. The highest BCUT2D eigenvalue weighted by atomic mass is 79.9. The highest BCUT2D eigenvalue weighted by Gasteiger charge is 2.34. The summed E-state index contributed by atoms with van der Waals surface area (Å²) in [6.07, 6.45) is 3.67. The maximum Gasteiger partial charge on any atom is 0.156 e. The molecule has 0 unspecified atom stereocenters. The van der Waals surface area contributed by atoms with E-state index in [0.29, 0.717) is 5.56 Å². The fraction of sp³-hybridized carbons (Fsp3) is 0.562. The van der Waals surface area contributed by atoms with Crippen LogP contribution >= 0.6 is 15.9 Å². The van der Waals surface area contributed by atoms with Crippen molar-refractivity contribution in [3.8, 4) is 0 Å². The number of hydrogen-bond donors (Lipinski definition) is 0. The number of halogens is 2. The number of nitrogens with zero attached hydrogens (tertiary/aromatic N) is 1. The zero-order valence-corrected chi connectivity index (χ0v) is 13.7. The van der Waals surface area contributed by atoms with Gasteiger partial charge in [-0.15, -0.1) is 0 Å². The van der Waals surface area contributed by atoms with E-state index in [1.54, 1.807) is 12.1 Å². The van der Waals surface area contributed by atoms with Crippen molar-refractivity contribution in [1.29, 1.82) is 0 Å². The lowest BCUT2D eigenvalue weighted by molar-refractivity contribution is -0.129. The molecule has 0 aromatic heterocycles. The lowest BCUT2D eigenvalue weighted by Crippen LogP contribution is -2.52. The van der Waals surface area contributed by atoms with Crippen molar-refractivity contribution in [2.45, 2.75) is 45.1 Å². The molecule has 4 heteroatoms. The third-order valence-corrected chi connectivity index (χ3v) is 4.68. The highest BCUT2D eigenvalue weighted by Crippen LogP contribution is 2.24. The highest BCUT2D eigenvalue weighted by molar-refractivity contribution is 9.10. The van der Waals surface area contributed by atoms with Crippen LogP contribution in [0.5, 0.6) is 0 Å². The predicted molar refractivity (Wildman–Crippen MR) is 82.3 cm³/mol. The summed E-state index contributed by atoms with van der Waals surface area (Å²) >= 11 is 3.32. The molecule has 20 heavy (non-hydrogen) atoms. The Labute approximate surface area is 128 Å². The fourth-order valence-electron chi connectivity index (χ4n) is 2.70. The van der Waals surface area contributed by atoms with E-state index in [4.69, 9.17) is 0 Å². The lowest BCUT2D eigenvalue weighted by atomic mass is 9.90. The summed E-state index contributed by atoms with van der Waals surface area (Å²) in [4.78, 5) is 14.8. The molecule has 0 spiro atoms. The van der Waals surface area contributed by atoms with Crippen molar-refractivity contribution in [2.24, 2.45) is 0 Å². The van der Waals surface area contributed by atoms with Crippen LogP contribution < -0.4 is 0 Å². The van der Waals surface area contributed by atoms with Crippen LogP contribution in [0.4, 0.5) is 4.39 Å². The second-order valence-corrected chi connectivity index (χ2v) is 6.86. The molecule has 0 radical (unpaired) electrons. The van der Waals surface area contributed by atoms with Gasteiger partial charge in [-0.1, -0.05) is 22.4 Å². The van der Waals surface area contributed by atoms with Crippen molar-refractivity contribution in [2.75, 3.05) is 13.1 Å². The van der Waals surface area contributed by atoms with Crippen LogP contribution in [0.1, 0.15) is 38.7 Å². The summed E-state index contributed by atoms with van der Waals surface area (Å²) in [6.45, 7) is 5.83. The van der Waals surface area contributed by atoms with Crippen LogP contribution in [0, 0.1) is 5.82 Å². The molecule has 1 fully saturated rings. The molecule has 0 bridgehead atoms. The van der Waals surface area contributed by atoms with Crippen molar-refractivity contribution in [3.63, 3.8) is 0 Å². The Balaban J connectivity index is 2.11. The fourth-order valence-corrected chi connectivity index (χ4v) is 3.11. The van der Waals surface area contributed by atoms with Crippen molar-refractivity contribution >= 4 is 21.7 Å². The summed E-state index contributed by atoms with van der Waals surface area (Å²) in [5, 5.41) is 0. The maximum atomic E-state index is 13.8. The van der Waals surface area contributed by atoms with Crippen LogP contribution in [0.25, 0.3) is 0 Å². The van der Waals surface area contributed by atoms with Gasteiger partial charge in [0.2, 0.25) is 0 Å². The lowest BCUT2D eigenvalue weighted by Gasteiger charge is -2.39. The Morgan fingerprint density at radius 1 is 1.30 bits per heavy atom. The molecular formula is C16H21BrFNO. The van der Waals surface area contributed by atoms with Gasteiger partial charge in [-0.3, -0.25) is 9.69 Å². The predicted octanol–water partition coefficient (Wildman–Crippen LogP) is 3.96. The average Bonchev–Trinajstić information content (AvgIpc) is 2.43. The number of rotatable bonds is 4. The van der Waals surface area contributed by atoms with Crippen LogP contribution in [0.3, 0.4) is 0 Å². The number of benzene rings is 1. The van der Waals surface area contributed by atoms with Crippen molar-refractivity contribution in [3.05, 3.63) is 34.1 Å². The van der Waals surface area contributed by atoms with Gasteiger partial charge in [-0.2, -0.15) is 0 Å². The van der Waals surface area contributed by atoms with Gasteiger partial charge in [0.1, 0.15) is 5.82 Å². The van der Waals surface area contributed by atoms with Crippen LogP contribution in [-0.4, -0.2) is 29.3 Å². The summed E-state index contributed by atoms with van der Waals surface area (Å²) < 4.78 is 14.6. The van der Waals surface area contributed by atoms with E-state index < -0.39 is 5.54 Å². The Bertz CT molecular complexity index is 495. The standard InChI is InChI=1S/C16H21BrFNO/c1-16(2,19-8-4-3-5-9-19)15(20)11-12-10-13(17)6-7-14(12)18/h6-7,10H,3-5,8-9,11H2,1-2H3. The minimum atomic E-state index is -0.519. The first-order valence-electron chi connectivity index (χ1n) is 7.13. The Morgan fingerprint density at radius 3 is 2.60 bits per heavy atom. The van der Waals surface area contributed by atoms with E-state index in [0.717, 1.165) is 30.4 Å². The Morgan fingerprint density at radius 2 is 1.95 bits per heavy atom. The molecule has 1 aromatic carbocycles. The van der Waals surface area contributed by atoms with Crippen LogP contribution in [0.2, 0.25) is 0 Å². The molecule has 0 N–H and O–H groups in total. The van der Waals surface area contributed by atoms with E-state index in [1.165, 1.54) is 12.5 Å². The van der Waals surface area contributed by atoms with E-state index >= 15 is 0 Å². The SMILES string of the molecule is CC(C)(C(=O)Cc1cc(Br)ccc1F)N1CCCCC1. The van der Waals surface area contributed by atoms with Crippen molar-refractivity contribution < 1.29 is 9.18 Å².